The van der Waals surface area contributed by atoms with Crippen molar-refractivity contribution in [3.05, 3.63) is 63.1 Å². The minimum atomic E-state index is 0.00829. The summed E-state index contributed by atoms with van der Waals surface area (Å²) in [6, 6.07) is 13.9. The van der Waals surface area contributed by atoms with Gasteiger partial charge >= 0.3 is 0 Å². The molecule has 0 aliphatic carbocycles. The fourth-order valence-electron chi connectivity index (χ4n) is 2.26. The van der Waals surface area contributed by atoms with E-state index in [1.54, 1.807) is 0 Å². The van der Waals surface area contributed by atoms with Crippen LogP contribution in [0.25, 0.3) is 0 Å². The molecule has 4 heteroatoms. The summed E-state index contributed by atoms with van der Waals surface area (Å²) in [5.41, 5.74) is 2.97. The number of aliphatic hydroxyl groups excluding tert-OH is 1. The van der Waals surface area contributed by atoms with Crippen LogP contribution in [0.15, 0.2) is 46.9 Å². The van der Waals surface area contributed by atoms with E-state index in [0.29, 0.717) is 0 Å². The molecule has 0 aliphatic rings. The largest absolute Gasteiger partial charge is 0.392 e. The quantitative estimate of drug-likeness (QED) is 0.853. The van der Waals surface area contributed by atoms with Crippen molar-refractivity contribution in [1.82, 2.24) is 0 Å². The van der Waals surface area contributed by atoms with Gasteiger partial charge in [0.2, 0.25) is 0 Å². The van der Waals surface area contributed by atoms with Crippen LogP contribution in [0.5, 0.6) is 0 Å². The Labute approximate surface area is 133 Å². The molecule has 0 saturated heterocycles. The van der Waals surface area contributed by atoms with Crippen molar-refractivity contribution >= 4 is 33.2 Å². The number of aliphatic hydroxyl groups is 1. The molecule has 0 saturated carbocycles. The van der Waals surface area contributed by atoms with Crippen molar-refractivity contribution in [2.45, 2.75) is 19.6 Å². The van der Waals surface area contributed by atoms with Gasteiger partial charge in [0.1, 0.15) is 0 Å². The van der Waals surface area contributed by atoms with Crippen LogP contribution in [0.2, 0.25) is 5.02 Å². The van der Waals surface area contributed by atoms with E-state index >= 15 is 0 Å². The van der Waals surface area contributed by atoms with Crippen LogP contribution in [-0.4, -0.2) is 12.2 Å². The predicted octanol–water partition coefficient (Wildman–Crippen LogP) is 4.79. The number of hydrogen-bond donors (Lipinski definition) is 1. The normalized spacial score (nSPS) is 12.2. The Kier molecular flexibility index (Phi) is 5.08. The van der Waals surface area contributed by atoms with E-state index in [1.165, 1.54) is 0 Å². The Morgan fingerprint density at radius 1 is 1.25 bits per heavy atom. The molecule has 0 fully saturated rings. The van der Waals surface area contributed by atoms with E-state index in [0.717, 1.165) is 26.3 Å². The molecule has 0 radical (unpaired) electrons. The molecular formula is C16H17BrClNO. The Morgan fingerprint density at radius 2 is 1.95 bits per heavy atom. The third kappa shape index (κ3) is 3.17. The third-order valence-electron chi connectivity index (χ3n) is 3.53. The summed E-state index contributed by atoms with van der Waals surface area (Å²) < 4.78 is 0.962. The van der Waals surface area contributed by atoms with Crippen molar-refractivity contribution in [2.24, 2.45) is 0 Å². The number of nitrogens with zero attached hydrogens (tertiary/aromatic N) is 1. The highest BCUT2D eigenvalue weighted by molar-refractivity contribution is 9.10. The lowest BCUT2D eigenvalue weighted by Gasteiger charge is -2.29. The van der Waals surface area contributed by atoms with Gasteiger partial charge in [0.15, 0.2) is 0 Å². The summed E-state index contributed by atoms with van der Waals surface area (Å²) in [5, 5.41) is 10.3. The van der Waals surface area contributed by atoms with Crippen LogP contribution in [0, 0.1) is 0 Å². The molecule has 0 bridgehead atoms. The van der Waals surface area contributed by atoms with Gasteiger partial charge in [-0.3, -0.25) is 0 Å². The summed E-state index contributed by atoms with van der Waals surface area (Å²) in [5.74, 6) is 0. The molecule has 20 heavy (non-hydrogen) atoms. The number of rotatable bonds is 4. The first-order valence-corrected chi connectivity index (χ1v) is 7.58. The number of benzene rings is 2. The zero-order valence-corrected chi connectivity index (χ0v) is 13.8. The highest BCUT2D eigenvalue weighted by Gasteiger charge is 2.17. The summed E-state index contributed by atoms with van der Waals surface area (Å²) in [6.07, 6.45) is 0. The second kappa shape index (κ2) is 6.61. The minimum Gasteiger partial charge on any atom is -0.392 e. The molecule has 0 amide bonds. The van der Waals surface area contributed by atoms with Crippen LogP contribution < -0.4 is 4.90 Å². The van der Waals surface area contributed by atoms with Gasteiger partial charge in [0.25, 0.3) is 0 Å². The van der Waals surface area contributed by atoms with Crippen molar-refractivity contribution in [3.63, 3.8) is 0 Å². The van der Waals surface area contributed by atoms with Gasteiger partial charge in [-0.25, -0.2) is 0 Å². The second-order valence-corrected chi connectivity index (χ2v) is 6.06. The van der Waals surface area contributed by atoms with Gasteiger partial charge in [0.05, 0.1) is 12.6 Å². The van der Waals surface area contributed by atoms with Gasteiger partial charge in [-0.15, -0.1) is 0 Å². The Hall–Kier alpha value is -1.03. The zero-order chi connectivity index (χ0) is 14.7. The number of anilines is 1. The summed E-state index contributed by atoms with van der Waals surface area (Å²) in [4.78, 5) is 2.12. The van der Waals surface area contributed by atoms with E-state index < -0.39 is 0 Å². The molecule has 1 N–H and O–H groups in total. The summed E-state index contributed by atoms with van der Waals surface area (Å²) in [7, 11) is 2.01. The van der Waals surface area contributed by atoms with E-state index in [4.69, 9.17) is 11.6 Å². The third-order valence-corrected chi connectivity index (χ3v) is 4.37. The Balaban J connectivity index is 2.36. The standard InChI is InChI=1S/C16H17BrClNO/c1-11(14-5-3-4-6-15(14)18)19(2)16-8-7-13(17)9-12(16)10-20/h3-9,11,20H,10H2,1-2H3. The minimum absolute atomic E-state index is 0.00829. The van der Waals surface area contributed by atoms with Crippen molar-refractivity contribution in [2.75, 3.05) is 11.9 Å². The maximum absolute atomic E-state index is 9.53. The molecule has 2 nitrogen and oxygen atoms in total. The molecule has 1 unspecified atom stereocenters. The molecule has 2 aromatic rings. The molecule has 0 aromatic heterocycles. The van der Waals surface area contributed by atoms with Crippen molar-refractivity contribution in [1.29, 1.82) is 0 Å². The first kappa shape index (κ1) is 15.4. The molecule has 106 valence electrons. The predicted molar refractivity (Wildman–Crippen MR) is 88.3 cm³/mol. The number of hydrogen-bond acceptors (Lipinski definition) is 2. The summed E-state index contributed by atoms with van der Waals surface area (Å²) in [6.45, 7) is 2.11. The second-order valence-electron chi connectivity index (χ2n) is 4.74. The van der Waals surface area contributed by atoms with Crippen molar-refractivity contribution in [3.8, 4) is 0 Å². The molecule has 2 aromatic carbocycles. The molecule has 0 spiro atoms. The van der Waals surface area contributed by atoms with Gasteiger partial charge in [-0.1, -0.05) is 45.7 Å². The van der Waals surface area contributed by atoms with Crippen LogP contribution in [0.3, 0.4) is 0 Å². The Morgan fingerprint density at radius 3 is 2.60 bits per heavy atom. The molecule has 1 atom stereocenters. The molecule has 0 aliphatic heterocycles. The maximum atomic E-state index is 9.53. The summed E-state index contributed by atoms with van der Waals surface area (Å²) >= 11 is 9.70. The Bertz CT molecular complexity index is 603. The monoisotopic (exact) mass is 353 g/mol. The lowest BCUT2D eigenvalue weighted by Crippen LogP contribution is -2.23. The van der Waals surface area contributed by atoms with Gasteiger partial charge < -0.3 is 10.0 Å². The average Bonchev–Trinajstić information content (AvgIpc) is 2.46. The highest BCUT2D eigenvalue weighted by Crippen LogP contribution is 2.32. The number of halogens is 2. The van der Waals surface area contributed by atoms with Crippen LogP contribution in [0.1, 0.15) is 24.1 Å². The lowest BCUT2D eigenvalue weighted by molar-refractivity contribution is 0.282. The smallest absolute Gasteiger partial charge is 0.0702 e. The van der Waals surface area contributed by atoms with E-state index in [-0.39, 0.29) is 12.6 Å². The molecular weight excluding hydrogens is 338 g/mol. The fraction of sp³-hybridized carbons (Fsp3) is 0.250. The SMILES string of the molecule is CC(c1ccccc1Cl)N(C)c1ccc(Br)cc1CO. The highest BCUT2D eigenvalue weighted by atomic mass is 79.9. The fourth-order valence-corrected chi connectivity index (χ4v) is 2.96. The zero-order valence-electron chi connectivity index (χ0n) is 11.5. The first-order chi connectivity index (χ1) is 9.54. The van der Waals surface area contributed by atoms with Gasteiger partial charge in [-0.2, -0.15) is 0 Å². The first-order valence-electron chi connectivity index (χ1n) is 6.41. The van der Waals surface area contributed by atoms with Crippen LogP contribution in [0.4, 0.5) is 5.69 Å². The van der Waals surface area contributed by atoms with Crippen molar-refractivity contribution < 1.29 is 5.11 Å². The van der Waals surface area contributed by atoms with Crippen LogP contribution in [-0.2, 0) is 6.61 Å². The maximum Gasteiger partial charge on any atom is 0.0702 e. The molecule has 0 heterocycles. The molecule has 2 rings (SSSR count). The van der Waals surface area contributed by atoms with E-state index in [2.05, 4.69) is 27.8 Å². The lowest BCUT2D eigenvalue weighted by atomic mass is 10.1. The van der Waals surface area contributed by atoms with Gasteiger partial charge in [-0.05, 0) is 36.8 Å². The van der Waals surface area contributed by atoms with Crippen LogP contribution >= 0.6 is 27.5 Å². The van der Waals surface area contributed by atoms with E-state index in [1.807, 2.05) is 49.5 Å². The topological polar surface area (TPSA) is 23.5 Å². The average molecular weight is 355 g/mol. The van der Waals surface area contributed by atoms with E-state index in [9.17, 15) is 5.11 Å². The van der Waals surface area contributed by atoms with Gasteiger partial charge in [0, 0.05) is 27.8 Å².